The molecule has 6 rings (SSSR count). The van der Waals surface area contributed by atoms with Gasteiger partial charge in [0, 0.05) is 57.2 Å². The standard InChI is InChI=1S/C37H32Cl2N4O5/c1-37(2,3)34(46)33-28(15-24(44)19-40-35(47)26-6-4-5-7-31(26)45)29-16-27(20-8-11-23(38)12-9-20)32(43-36(29)48-33)25-13-10-21(14-30(25)39)22-17-41-42-18-22/h4-14,16-18,24,44-45H,15,19H2,1-3H3,(H,40,47)(H,41,42). The normalized spacial score (nSPS) is 12.3. The predicted molar refractivity (Wildman–Crippen MR) is 186 cm³/mol. The highest BCUT2D eigenvalue weighted by atomic mass is 35.5. The largest absolute Gasteiger partial charge is 0.507 e. The molecule has 1 unspecified atom stereocenters. The van der Waals surface area contributed by atoms with Crippen LogP contribution >= 0.6 is 23.2 Å². The van der Waals surface area contributed by atoms with Crippen molar-refractivity contribution in [1.29, 1.82) is 0 Å². The smallest absolute Gasteiger partial charge is 0.255 e. The van der Waals surface area contributed by atoms with E-state index in [-0.39, 0.29) is 41.5 Å². The van der Waals surface area contributed by atoms with Gasteiger partial charge in [0.25, 0.3) is 5.91 Å². The van der Waals surface area contributed by atoms with Gasteiger partial charge in [-0.15, -0.1) is 0 Å². The Labute approximate surface area is 286 Å². The van der Waals surface area contributed by atoms with Crippen LogP contribution in [0, 0.1) is 5.41 Å². The van der Waals surface area contributed by atoms with Crippen LogP contribution in [0.5, 0.6) is 5.75 Å². The summed E-state index contributed by atoms with van der Waals surface area (Å²) in [7, 11) is 0. The maximum atomic E-state index is 13.7. The molecule has 0 saturated carbocycles. The number of rotatable bonds is 9. The predicted octanol–water partition coefficient (Wildman–Crippen LogP) is 8.13. The van der Waals surface area contributed by atoms with Gasteiger partial charge >= 0.3 is 0 Å². The van der Waals surface area contributed by atoms with Crippen molar-refractivity contribution in [2.75, 3.05) is 6.54 Å². The molecule has 9 nitrogen and oxygen atoms in total. The third kappa shape index (κ3) is 6.71. The molecule has 244 valence electrons. The minimum absolute atomic E-state index is 0.0214. The Morgan fingerprint density at radius 2 is 1.69 bits per heavy atom. The number of carbonyl (C=O) groups is 2. The van der Waals surface area contributed by atoms with Crippen LogP contribution in [-0.4, -0.2) is 49.7 Å². The van der Waals surface area contributed by atoms with Crippen molar-refractivity contribution in [1.82, 2.24) is 20.5 Å². The number of phenols is 1. The van der Waals surface area contributed by atoms with E-state index in [1.807, 2.05) is 36.4 Å². The van der Waals surface area contributed by atoms with Crippen LogP contribution in [0.2, 0.25) is 10.0 Å². The number of para-hydroxylation sites is 1. The van der Waals surface area contributed by atoms with E-state index in [0.29, 0.717) is 37.8 Å². The van der Waals surface area contributed by atoms with E-state index >= 15 is 0 Å². The van der Waals surface area contributed by atoms with Crippen LogP contribution in [0.25, 0.3) is 44.6 Å². The number of aliphatic hydroxyl groups excluding tert-OH is 1. The number of amides is 1. The molecule has 0 saturated heterocycles. The zero-order valence-corrected chi connectivity index (χ0v) is 27.9. The van der Waals surface area contributed by atoms with Crippen molar-refractivity contribution in [3.63, 3.8) is 0 Å². The highest BCUT2D eigenvalue weighted by Gasteiger charge is 2.32. The lowest BCUT2D eigenvalue weighted by Crippen LogP contribution is -2.33. The van der Waals surface area contributed by atoms with Gasteiger partial charge in [0.2, 0.25) is 11.5 Å². The number of nitrogens with one attached hydrogen (secondary N) is 2. The highest BCUT2D eigenvalue weighted by Crippen LogP contribution is 2.41. The number of phenolic OH excluding ortho intramolecular Hbond substituents is 1. The third-order valence-corrected chi connectivity index (χ3v) is 8.54. The second-order valence-corrected chi connectivity index (χ2v) is 13.3. The maximum Gasteiger partial charge on any atom is 0.255 e. The number of carbonyl (C=O) groups excluding carboxylic acids is 2. The van der Waals surface area contributed by atoms with E-state index in [1.165, 1.54) is 12.1 Å². The number of aromatic hydroxyl groups is 1. The quantitative estimate of drug-likeness (QED) is 0.113. The molecule has 0 aliphatic carbocycles. The molecule has 0 bridgehead atoms. The van der Waals surface area contributed by atoms with Gasteiger partial charge in [-0.05, 0) is 47.5 Å². The van der Waals surface area contributed by atoms with Crippen LogP contribution in [0.15, 0.2) is 89.6 Å². The van der Waals surface area contributed by atoms with E-state index in [0.717, 1.165) is 16.7 Å². The molecule has 3 heterocycles. The van der Waals surface area contributed by atoms with E-state index in [4.69, 9.17) is 32.6 Å². The van der Waals surface area contributed by atoms with Gasteiger partial charge in [-0.1, -0.05) is 80.4 Å². The van der Waals surface area contributed by atoms with Crippen molar-refractivity contribution in [2.45, 2.75) is 33.3 Å². The fourth-order valence-corrected chi connectivity index (χ4v) is 5.82. The zero-order chi connectivity index (χ0) is 34.2. The summed E-state index contributed by atoms with van der Waals surface area (Å²) in [6.45, 7) is 5.22. The summed E-state index contributed by atoms with van der Waals surface area (Å²) in [4.78, 5) is 31.4. The average molecular weight is 684 g/mol. The summed E-state index contributed by atoms with van der Waals surface area (Å²) in [6, 6.07) is 20.9. The van der Waals surface area contributed by atoms with Crippen LogP contribution in [0.4, 0.5) is 0 Å². The molecule has 1 atom stereocenters. The van der Waals surface area contributed by atoms with Crippen LogP contribution in [0.3, 0.4) is 0 Å². The number of Topliss-reactive ketones (excluding diaryl/α,β-unsaturated/α-hetero) is 1. The van der Waals surface area contributed by atoms with Crippen molar-refractivity contribution in [3.05, 3.63) is 112 Å². The summed E-state index contributed by atoms with van der Waals surface area (Å²) < 4.78 is 6.22. The first-order valence-electron chi connectivity index (χ1n) is 15.2. The number of H-pyrrole nitrogens is 1. The van der Waals surface area contributed by atoms with Gasteiger partial charge in [0.1, 0.15) is 5.75 Å². The number of fused-ring (bicyclic) bond motifs is 1. The second-order valence-electron chi connectivity index (χ2n) is 12.5. The average Bonchev–Trinajstić information content (AvgIpc) is 3.72. The van der Waals surface area contributed by atoms with Gasteiger partial charge in [-0.25, -0.2) is 4.98 Å². The number of hydrogen-bond acceptors (Lipinski definition) is 7. The lowest BCUT2D eigenvalue weighted by Gasteiger charge is -2.17. The number of aromatic amines is 1. The third-order valence-electron chi connectivity index (χ3n) is 7.97. The van der Waals surface area contributed by atoms with Crippen molar-refractivity contribution in [2.24, 2.45) is 5.41 Å². The number of hydrogen-bond donors (Lipinski definition) is 4. The SMILES string of the molecule is CC(C)(C)C(=O)c1oc2nc(-c3ccc(-c4cn[nH]c4)cc3Cl)c(-c3ccc(Cl)cc3)cc2c1CC(O)CNC(=O)c1ccccc1O. The minimum Gasteiger partial charge on any atom is -0.507 e. The zero-order valence-electron chi connectivity index (χ0n) is 26.3. The van der Waals surface area contributed by atoms with Crippen LogP contribution < -0.4 is 5.32 Å². The van der Waals surface area contributed by atoms with Gasteiger partial charge < -0.3 is 19.9 Å². The first kappa shape index (κ1) is 33.0. The number of benzene rings is 3. The number of furan rings is 1. The van der Waals surface area contributed by atoms with Crippen molar-refractivity contribution in [3.8, 4) is 39.3 Å². The van der Waals surface area contributed by atoms with Crippen molar-refractivity contribution >= 4 is 46.0 Å². The molecule has 1 amide bonds. The van der Waals surface area contributed by atoms with Gasteiger partial charge in [-0.2, -0.15) is 5.10 Å². The molecule has 0 aliphatic heterocycles. The van der Waals surface area contributed by atoms with Crippen LogP contribution in [0.1, 0.15) is 47.2 Å². The van der Waals surface area contributed by atoms with Gasteiger partial charge in [0.15, 0.2) is 5.76 Å². The Bertz CT molecular complexity index is 2130. The lowest BCUT2D eigenvalue weighted by molar-refractivity contribution is 0.0825. The molecule has 0 spiro atoms. The molecular weight excluding hydrogens is 651 g/mol. The molecule has 0 aliphatic rings. The Morgan fingerprint density at radius 1 is 0.958 bits per heavy atom. The number of nitrogens with zero attached hydrogens (tertiary/aromatic N) is 2. The Balaban J connectivity index is 1.45. The molecule has 4 N–H and O–H groups in total. The molecule has 3 aromatic heterocycles. The van der Waals surface area contributed by atoms with Gasteiger partial charge in [0.05, 0.1) is 28.6 Å². The molecular formula is C37H32Cl2N4O5. The molecule has 6 aromatic rings. The first-order chi connectivity index (χ1) is 22.9. The monoisotopic (exact) mass is 682 g/mol. The summed E-state index contributed by atoms with van der Waals surface area (Å²) in [6.07, 6.45) is 2.36. The fraction of sp³-hybridized carbons (Fsp3) is 0.189. The molecule has 3 aromatic carbocycles. The second kappa shape index (κ2) is 13.3. The Morgan fingerprint density at radius 3 is 2.35 bits per heavy atom. The highest BCUT2D eigenvalue weighted by molar-refractivity contribution is 6.34. The van der Waals surface area contributed by atoms with E-state index in [1.54, 1.807) is 57.4 Å². The molecule has 0 radical (unpaired) electrons. The molecule has 48 heavy (non-hydrogen) atoms. The van der Waals surface area contributed by atoms with Crippen LogP contribution in [-0.2, 0) is 6.42 Å². The first-order valence-corrected chi connectivity index (χ1v) is 16.0. The topological polar surface area (TPSA) is 141 Å². The molecule has 0 fully saturated rings. The number of ketones is 1. The number of halogens is 2. The maximum absolute atomic E-state index is 13.7. The van der Waals surface area contributed by atoms with Crippen molar-refractivity contribution < 1.29 is 24.2 Å². The number of aliphatic hydroxyl groups is 1. The fourth-order valence-electron chi connectivity index (χ4n) is 5.43. The summed E-state index contributed by atoms with van der Waals surface area (Å²) in [5, 5.41) is 32.3. The van der Waals surface area contributed by atoms with E-state index in [2.05, 4.69) is 15.5 Å². The Kier molecular flexibility index (Phi) is 9.11. The molecule has 11 heteroatoms. The van der Waals surface area contributed by atoms with Gasteiger partial charge in [-0.3, -0.25) is 14.7 Å². The summed E-state index contributed by atoms with van der Waals surface area (Å²) >= 11 is 13.1. The van der Waals surface area contributed by atoms with E-state index in [9.17, 15) is 19.8 Å². The van der Waals surface area contributed by atoms with E-state index < -0.39 is 17.4 Å². The lowest BCUT2D eigenvalue weighted by atomic mass is 9.87. The number of aromatic nitrogens is 3. The Hall–Kier alpha value is -4.96. The summed E-state index contributed by atoms with van der Waals surface area (Å²) in [5.74, 6) is -0.895. The summed E-state index contributed by atoms with van der Waals surface area (Å²) in [5.41, 5.74) is 4.36. The minimum atomic E-state index is -1.10. The number of pyridine rings is 1.